The lowest BCUT2D eigenvalue weighted by molar-refractivity contribution is -0.385. The molecule has 3 rings (SSSR count). The highest BCUT2D eigenvalue weighted by Gasteiger charge is 2.22. The molecule has 0 heterocycles. The number of para-hydroxylation sites is 1. The fourth-order valence-corrected chi connectivity index (χ4v) is 4.36. The van der Waals surface area contributed by atoms with E-state index in [0.29, 0.717) is 26.2 Å². The molecule has 0 aromatic heterocycles. The number of carbonyl (C=O) groups excluding carboxylic acids is 2. The lowest BCUT2D eigenvalue weighted by Crippen LogP contribution is -2.13. The molecular formula is C23H17I2NO8. The molecule has 0 radical (unpaired) electrons. The van der Waals surface area contributed by atoms with Gasteiger partial charge < -0.3 is 18.9 Å². The van der Waals surface area contributed by atoms with E-state index in [-0.39, 0.29) is 27.2 Å². The van der Waals surface area contributed by atoms with Gasteiger partial charge in [-0.2, -0.15) is 0 Å². The number of carbonyl (C=O) groups is 2. The first-order valence-corrected chi connectivity index (χ1v) is 11.7. The number of ether oxygens (including phenoxy) is 4. The molecule has 0 saturated carbocycles. The predicted molar refractivity (Wildman–Crippen MR) is 139 cm³/mol. The van der Waals surface area contributed by atoms with Gasteiger partial charge >= 0.3 is 11.9 Å². The van der Waals surface area contributed by atoms with Crippen molar-refractivity contribution in [2.24, 2.45) is 0 Å². The lowest BCUT2D eigenvalue weighted by Gasteiger charge is -2.13. The van der Waals surface area contributed by atoms with Crippen LogP contribution < -0.4 is 14.2 Å². The molecule has 0 amide bonds. The molecule has 0 aliphatic rings. The fraction of sp³-hybridized carbons (Fsp3) is 0.130. The first-order chi connectivity index (χ1) is 16.3. The highest BCUT2D eigenvalue weighted by atomic mass is 127. The summed E-state index contributed by atoms with van der Waals surface area (Å²) in [5.74, 6) is -0.321. The largest absolute Gasteiger partial charge is 0.493 e. The van der Waals surface area contributed by atoms with Gasteiger partial charge in [0.05, 0.1) is 30.3 Å². The number of methoxy groups -OCH3 is 2. The summed E-state index contributed by atoms with van der Waals surface area (Å²) >= 11 is 3.73. The topological polar surface area (TPSA) is 114 Å². The van der Waals surface area contributed by atoms with E-state index in [1.807, 2.05) is 22.6 Å². The maximum absolute atomic E-state index is 12.7. The number of rotatable bonds is 8. The van der Waals surface area contributed by atoms with Crippen molar-refractivity contribution in [3.63, 3.8) is 0 Å². The zero-order valence-electron chi connectivity index (χ0n) is 17.9. The molecule has 3 aromatic rings. The Bertz CT molecular complexity index is 1260. The molecule has 3 aromatic carbocycles. The Morgan fingerprint density at radius 1 is 0.882 bits per heavy atom. The number of halogens is 2. The number of nitro benzene ring substituents is 1. The average molecular weight is 689 g/mol. The maximum Gasteiger partial charge on any atom is 0.344 e. The summed E-state index contributed by atoms with van der Waals surface area (Å²) in [5, 5.41) is 11.2. The van der Waals surface area contributed by atoms with Crippen LogP contribution in [0, 0.1) is 17.3 Å². The van der Waals surface area contributed by atoms with Gasteiger partial charge in [0, 0.05) is 15.2 Å². The van der Waals surface area contributed by atoms with Gasteiger partial charge in [-0.05, 0) is 69.4 Å². The quantitative estimate of drug-likeness (QED) is 0.102. The van der Waals surface area contributed by atoms with Gasteiger partial charge in [-0.1, -0.05) is 24.3 Å². The van der Waals surface area contributed by atoms with E-state index >= 15 is 0 Å². The van der Waals surface area contributed by atoms with Gasteiger partial charge in [0.2, 0.25) is 0 Å². The molecule has 9 nitrogen and oxygen atoms in total. The zero-order chi connectivity index (χ0) is 24.8. The summed E-state index contributed by atoms with van der Waals surface area (Å²) in [7, 11) is 2.96. The summed E-state index contributed by atoms with van der Waals surface area (Å²) in [4.78, 5) is 36.0. The Hall–Kier alpha value is -2.94. The highest BCUT2D eigenvalue weighted by Crippen LogP contribution is 2.32. The number of hydrogen-bond acceptors (Lipinski definition) is 8. The van der Waals surface area contributed by atoms with Crippen molar-refractivity contribution in [2.75, 3.05) is 14.2 Å². The smallest absolute Gasteiger partial charge is 0.344 e. The summed E-state index contributed by atoms with van der Waals surface area (Å²) in [6.07, 6.45) is 0. The van der Waals surface area contributed by atoms with Crippen LogP contribution in [-0.4, -0.2) is 31.1 Å². The van der Waals surface area contributed by atoms with Crippen LogP contribution >= 0.6 is 45.2 Å². The Balaban J connectivity index is 1.78. The molecule has 176 valence electrons. The van der Waals surface area contributed by atoms with Gasteiger partial charge in [0.1, 0.15) is 15.9 Å². The second-order valence-electron chi connectivity index (χ2n) is 6.66. The van der Waals surface area contributed by atoms with Crippen LogP contribution in [0.5, 0.6) is 17.2 Å². The second kappa shape index (κ2) is 11.5. The number of nitrogens with zero attached hydrogens (tertiary/aromatic N) is 1. The van der Waals surface area contributed by atoms with Gasteiger partial charge in [-0.3, -0.25) is 10.1 Å². The minimum Gasteiger partial charge on any atom is -0.493 e. The number of esters is 2. The van der Waals surface area contributed by atoms with Crippen molar-refractivity contribution < 1.29 is 33.5 Å². The number of nitro groups is 1. The number of benzene rings is 3. The molecule has 0 bridgehead atoms. The van der Waals surface area contributed by atoms with Gasteiger partial charge in [0.15, 0.2) is 11.5 Å². The lowest BCUT2D eigenvalue weighted by atomic mass is 10.2. The van der Waals surface area contributed by atoms with Crippen LogP contribution in [-0.2, 0) is 11.3 Å². The summed E-state index contributed by atoms with van der Waals surface area (Å²) in [6.45, 7) is -0.168. The van der Waals surface area contributed by atoms with Crippen molar-refractivity contribution in [3.05, 3.63) is 88.5 Å². The van der Waals surface area contributed by atoms with Gasteiger partial charge in [-0.15, -0.1) is 0 Å². The maximum atomic E-state index is 12.7. The van der Waals surface area contributed by atoms with Crippen LogP contribution in [0.25, 0.3) is 0 Å². The van der Waals surface area contributed by atoms with Crippen molar-refractivity contribution in [1.82, 2.24) is 0 Å². The van der Waals surface area contributed by atoms with E-state index in [1.54, 1.807) is 52.9 Å². The molecule has 0 unspecified atom stereocenters. The SMILES string of the molecule is COc1cc(I)c(C(=O)OCc2ccccc2OC(=O)c2cccc([N+](=O)[O-])c2I)cc1OC. The van der Waals surface area contributed by atoms with Crippen LogP contribution in [0.4, 0.5) is 5.69 Å². The Morgan fingerprint density at radius 3 is 2.24 bits per heavy atom. The monoisotopic (exact) mass is 689 g/mol. The standard InChI is InChI=1S/C23H17I2NO8/c1-31-19-10-15(16(24)11-20(19)32-2)22(27)33-12-13-6-3-4-9-18(13)34-23(28)14-7-5-8-17(21(14)25)26(29)30/h3-11H,12H2,1-2H3. The van der Waals surface area contributed by atoms with Gasteiger partial charge in [-0.25, -0.2) is 9.59 Å². The van der Waals surface area contributed by atoms with Crippen molar-refractivity contribution in [2.45, 2.75) is 6.61 Å². The predicted octanol–water partition coefficient (Wildman–Crippen LogP) is 5.40. The summed E-state index contributed by atoms with van der Waals surface area (Å²) in [5.41, 5.74) is 0.599. The number of hydrogen-bond donors (Lipinski definition) is 0. The van der Waals surface area contributed by atoms with E-state index in [2.05, 4.69) is 0 Å². The van der Waals surface area contributed by atoms with E-state index in [9.17, 15) is 19.7 Å². The second-order valence-corrected chi connectivity index (χ2v) is 8.90. The van der Waals surface area contributed by atoms with Crippen molar-refractivity contribution in [1.29, 1.82) is 0 Å². The van der Waals surface area contributed by atoms with Crippen molar-refractivity contribution >= 4 is 62.8 Å². The molecule has 0 saturated heterocycles. The summed E-state index contributed by atoms with van der Waals surface area (Å²) < 4.78 is 22.2. The van der Waals surface area contributed by atoms with E-state index in [0.717, 1.165) is 0 Å². The molecule has 0 fully saturated rings. The normalized spacial score (nSPS) is 10.4. The average Bonchev–Trinajstić information content (AvgIpc) is 2.82. The van der Waals surface area contributed by atoms with E-state index < -0.39 is 16.9 Å². The molecular weight excluding hydrogens is 672 g/mol. The first-order valence-electron chi connectivity index (χ1n) is 9.58. The van der Waals surface area contributed by atoms with E-state index in [4.69, 9.17) is 18.9 Å². The third-order valence-corrected chi connectivity index (χ3v) is 6.65. The fourth-order valence-electron chi connectivity index (χ4n) is 2.93. The van der Waals surface area contributed by atoms with Crippen LogP contribution in [0.1, 0.15) is 26.3 Å². The summed E-state index contributed by atoms with van der Waals surface area (Å²) in [6, 6.07) is 13.9. The van der Waals surface area contributed by atoms with Crippen LogP contribution in [0.2, 0.25) is 0 Å². The molecule has 11 heteroatoms. The van der Waals surface area contributed by atoms with Crippen molar-refractivity contribution in [3.8, 4) is 17.2 Å². The van der Waals surface area contributed by atoms with Crippen LogP contribution in [0.3, 0.4) is 0 Å². The minimum atomic E-state index is -0.763. The molecule has 0 spiro atoms. The molecule has 0 aliphatic carbocycles. The molecule has 0 atom stereocenters. The molecule has 0 aliphatic heterocycles. The molecule has 34 heavy (non-hydrogen) atoms. The Morgan fingerprint density at radius 2 is 1.56 bits per heavy atom. The molecule has 0 N–H and O–H groups in total. The first kappa shape index (κ1) is 25.7. The third-order valence-electron chi connectivity index (χ3n) is 4.62. The Kier molecular flexibility index (Phi) is 8.66. The van der Waals surface area contributed by atoms with E-state index in [1.165, 1.54) is 38.5 Å². The zero-order valence-corrected chi connectivity index (χ0v) is 22.2. The third kappa shape index (κ3) is 5.75. The minimum absolute atomic E-state index is 0.0569. The Labute approximate surface area is 221 Å². The van der Waals surface area contributed by atoms with Gasteiger partial charge in [0.25, 0.3) is 5.69 Å². The highest BCUT2D eigenvalue weighted by molar-refractivity contribution is 14.1. The van der Waals surface area contributed by atoms with Crippen LogP contribution in [0.15, 0.2) is 54.6 Å².